The van der Waals surface area contributed by atoms with Crippen LogP contribution in [0.2, 0.25) is 5.02 Å². The predicted octanol–water partition coefficient (Wildman–Crippen LogP) is 5.64. The summed E-state index contributed by atoms with van der Waals surface area (Å²) in [6, 6.07) is 11.7. The molecular formula is C24H14ClF3N8. The summed E-state index contributed by atoms with van der Waals surface area (Å²) >= 11 is 6.52. The van der Waals surface area contributed by atoms with Crippen molar-refractivity contribution in [1.82, 2.24) is 25.4 Å². The van der Waals surface area contributed by atoms with Gasteiger partial charge in [-0.25, -0.2) is 13.8 Å². The summed E-state index contributed by atoms with van der Waals surface area (Å²) < 4.78 is 41.7. The highest BCUT2D eigenvalue weighted by Crippen LogP contribution is 2.36. The van der Waals surface area contributed by atoms with E-state index in [2.05, 4.69) is 36.0 Å². The molecule has 12 heteroatoms. The molecule has 178 valence electrons. The first kappa shape index (κ1) is 23.1. The molecule has 5 aromatic rings. The van der Waals surface area contributed by atoms with Crippen LogP contribution >= 0.6 is 11.6 Å². The van der Waals surface area contributed by atoms with Crippen molar-refractivity contribution < 1.29 is 13.2 Å². The zero-order valence-corrected chi connectivity index (χ0v) is 18.9. The molecule has 0 spiro atoms. The molecule has 8 nitrogen and oxygen atoms in total. The van der Waals surface area contributed by atoms with Crippen molar-refractivity contribution in [2.24, 2.45) is 0 Å². The molecule has 3 aromatic heterocycles. The highest BCUT2D eigenvalue weighted by Gasteiger charge is 2.22. The third-order valence-electron chi connectivity index (χ3n) is 5.37. The molecular weight excluding hydrogens is 493 g/mol. The molecule has 1 atom stereocenters. The van der Waals surface area contributed by atoms with Gasteiger partial charge in [-0.1, -0.05) is 29.8 Å². The van der Waals surface area contributed by atoms with Gasteiger partial charge in [0.1, 0.15) is 23.6 Å². The molecule has 0 fully saturated rings. The van der Waals surface area contributed by atoms with E-state index < -0.39 is 23.6 Å². The molecule has 0 amide bonds. The quantitative estimate of drug-likeness (QED) is 0.255. The Hall–Kier alpha value is -4.69. The number of fused-ring (bicyclic) bond motifs is 1. The molecule has 0 unspecified atom stereocenters. The van der Waals surface area contributed by atoms with Crippen LogP contribution in [0.1, 0.15) is 22.9 Å². The maximum atomic E-state index is 14.7. The minimum absolute atomic E-state index is 0.110. The number of nitriles is 1. The zero-order chi connectivity index (χ0) is 25.2. The second-order valence-electron chi connectivity index (χ2n) is 7.63. The lowest BCUT2D eigenvalue weighted by Crippen LogP contribution is -2.14. The molecule has 5 rings (SSSR count). The number of aromatic amines is 1. The summed E-state index contributed by atoms with van der Waals surface area (Å²) in [5.74, 6) is -2.86. The van der Waals surface area contributed by atoms with Gasteiger partial charge in [0.25, 0.3) is 0 Å². The highest BCUT2D eigenvalue weighted by atomic mass is 35.5. The first-order chi connectivity index (χ1) is 17.4. The SMILES string of the molecule is N#Cc1cnc2c(Cl)cc(N[C@H](c3cn[nH]n3)c3ccccc3F)cc2c1Nc1cnc(F)c(F)c1. The topological polar surface area (TPSA) is 115 Å². The lowest BCUT2D eigenvalue weighted by Gasteiger charge is -2.20. The van der Waals surface area contributed by atoms with Crippen molar-refractivity contribution >= 4 is 39.6 Å². The summed E-state index contributed by atoms with van der Waals surface area (Å²) in [6.07, 6.45) is 3.87. The van der Waals surface area contributed by atoms with E-state index in [0.29, 0.717) is 27.8 Å². The number of anilines is 3. The Morgan fingerprint density at radius 3 is 2.53 bits per heavy atom. The smallest absolute Gasteiger partial charge is 0.249 e. The molecule has 36 heavy (non-hydrogen) atoms. The number of H-pyrrole nitrogens is 1. The van der Waals surface area contributed by atoms with E-state index in [9.17, 15) is 18.4 Å². The molecule has 0 aliphatic carbocycles. The maximum Gasteiger partial charge on any atom is 0.249 e. The number of hydrogen-bond acceptors (Lipinski definition) is 7. The van der Waals surface area contributed by atoms with Crippen LogP contribution in [0.15, 0.2) is 61.1 Å². The molecule has 0 aliphatic heterocycles. The van der Waals surface area contributed by atoms with Gasteiger partial charge in [-0.3, -0.25) is 4.98 Å². The van der Waals surface area contributed by atoms with Crippen LogP contribution in [0.4, 0.5) is 30.2 Å². The lowest BCUT2D eigenvalue weighted by molar-refractivity contribution is 0.480. The van der Waals surface area contributed by atoms with Crippen LogP contribution in [0.25, 0.3) is 10.9 Å². The fourth-order valence-corrected chi connectivity index (χ4v) is 4.00. The third kappa shape index (κ3) is 4.37. The second-order valence-corrected chi connectivity index (χ2v) is 8.04. The monoisotopic (exact) mass is 506 g/mol. The van der Waals surface area contributed by atoms with Crippen LogP contribution in [0.3, 0.4) is 0 Å². The zero-order valence-electron chi connectivity index (χ0n) is 18.1. The van der Waals surface area contributed by atoms with Crippen molar-refractivity contribution in [2.45, 2.75) is 6.04 Å². The number of benzene rings is 2. The average molecular weight is 507 g/mol. The number of nitrogens with one attached hydrogen (secondary N) is 3. The van der Waals surface area contributed by atoms with Crippen LogP contribution in [0, 0.1) is 28.9 Å². The molecule has 0 saturated heterocycles. The normalized spacial score (nSPS) is 11.8. The van der Waals surface area contributed by atoms with Crippen molar-refractivity contribution in [3.05, 3.63) is 100 Å². The Balaban J connectivity index is 1.63. The number of aromatic nitrogens is 5. The number of hydrogen-bond donors (Lipinski definition) is 3. The van der Waals surface area contributed by atoms with Crippen LogP contribution in [-0.4, -0.2) is 25.4 Å². The molecule has 2 aromatic carbocycles. The van der Waals surface area contributed by atoms with Crippen LogP contribution in [0.5, 0.6) is 0 Å². The van der Waals surface area contributed by atoms with Crippen molar-refractivity contribution in [3.8, 4) is 6.07 Å². The van der Waals surface area contributed by atoms with Gasteiger partial charge in [-0.15, -0.1) is 0 Å². The summed E-state index contributed by atoms with van der Waals surface area (Å²) in [7, 11) is 0. The van der Waals surface area contributed by atoms with Gasteiger partial charge in [0.15, 0.2) is 5.82 Å². The minimum Gasteiger partial charge on any atom is -0.373 e. The lowest BCUT2D eigenvalue weighted by atomic mass is 10.0. The van der Waals surface area contributed by atoms with Gasteiger partial charge in [-0.05, 0) is 18.2 Å². The molecule has 3 N–H and O–H groups in total. The molecule has 0 aliphatic rings. The van der Waals surface area contributed by atoms with E-state index in [0.717, 1.165) is 12.3 Å². The Morgan fingerprint density at radius 2 is 1.81 bits per heavy atom. The van der Waals surface area contributed by atoms with E-state index in [1.165, 1.54) is 18.5 Å². The summed E-state index contributed by atoms with van der Waals surface area (Å²) in [4.78, 5) is 7.63. The van der Waals surface area contributed by atoms with Crippen molar-refractivity contribution in [1.29, 1.82) is 5.26 Å². The molecule has 0 bridgehead atoms. The first-order valence-corrected chi connectivity index (χ1v) is 10.8. The first-order valence-electron chi connectivity index (χ1n) is 10.4. The van der Waals surface area contributed by atoms with Gasteiger partial charge < -0.3 is 10.6 Å². The van der Waals surface area contributed by atoms with Crippen LogP contribution in [-0.2, 0) is 0 Å². The largest absolute Gasteiger partial charge is 0.373 e. The van der Waals surface area contributed by atoms with E-state index in [-0.39, 0.29) is 22.0 Å². The summed E-state index contributed by atoms with van der Waals surface area (Å²) in [6.45, 7) is 0. The van der Waals surface area contributed by atoms with Gasteiger partial charge in [0.2, 0.25) is 5.95 Å². The number of nitrogens with zero attached hydrogens (tertiary/aromatic N) is 5. The Morgan fingerprint density at radius 1 is 0.972 bits per heavy atom. The molecule has 0 radical (unpaired) electrons. The highest BCUT2D eigenvalue weighted by molar-refractivity contribution is 6.36. The number of pyridine rings is 2. The molecule has 0 saturated carbocycles. The van der Waals surface area contributed by atoms with Crippen molar-refractivity contribution in [3.63, 3.8) is 0 Å². The molecule has 3 heterocycles. The Kier molecular flexibility index (Phi) is 6.10. The van der Waals surface area contributed by atoms with E-state index in [1.807, 2.05) is 6.07 Å². The maximum absolute atomic E-state index is 14.7. The van der Waals surface area contributed by atoms with Gasteiger partial charge in [-0.2, -0.15) is 25.1 Å². The van der Waals surface area contributed by atoms with E-state index >= 15 is 0 Å². The Labute approximate surface area is 206 Å². The average Bonchev–Trinajstić information content (AvgIpc) is 3.40. The second kappa shape index (κ2) is 9.52. The van der Waals surface area contributed by atoms with Gasteiger partial charge in [0.05, 0.1) is 39.9 Å². The number of rotatable bonds is 6. The summed E-state index contributed by atoms with van der Waals surface area (Å²) in [5.41, 5.74) is 2.03. The van der Waals surface area contributed by atoms with E-state index in [4.69, 9.17) is 11.6 Å². The van der Waals surface area contributed by atoms with Crippen molar-refractivity contribution in [2.75, 3.05) is 10.6 Å². The fraction of sp³-hybridized carbons (Fsp3) is 0.0417. The van der Waals surface area contributed by atoms with Gasteiger partial charge in [0, 0.05) is 28.9 Å². The van der Waals surface area contributed by atoms with E-state index in [1.54, 1.807) is 30.3 Å². The third-order valence-corrected chi connectivity index (χ3v) is 5.66. The minimum atomic E-state index is -1.25. The number of halogens is 4. The summed E-state index contributed by atoms with van der Waals surface area (Å²) in [5, 5.41) is 26.8. The predicted molar refractivity (Wildman–Crippen MR) is 127 cm³/mol. The fourth-order valence-electron chi connectivity index (χ4n) is 3.73. The standard InChI is InChI=1S/C24H14ClF3N8/c25-17-6-13(33-23(20-11-32-36-35-20)15-3-1-2-4-18(15)26)5-16-21(12(8-29)9-30-22(16)17)34-14-7-19(27)24(28)31-10-14/h1-7,9-11,23,33H,(H,30,34)(H,32,35,36)/t23-/m0/s1. The van der Waals surface area contributed by atoms with Gasteiger partial charge >= 0.3 is 0 Å². The Bertz CT molecular complexity index is 1620. The van der Waals surface area contributed by atoms with Crippen LogP contribution < -0.4 is 10.6 Å².